The number of para-hydroxylation sites is 2. The highest BCUT2D eigenvalue weighted by atomic mass is 16.3. The molecule has 2 aliphatic heterocycles. The minimum absolute atomic E-state index is 0.327. The van der Waals surface area contributed by atoms with Crippen LogP contribution < -0.4 is 10.2 Å². The minimum atomic E-state index is -0.398. The number of β-amino-alcohol motifs (C(OH)–C–C–N with tert-alkyl or cyclic N) is 1. The number of aliphatic hydroxyl groups excluding tert-OH is 1. The highest BCUT2D eigenvalue weighted by Gasteiger charge is 2.33. The predicted molar refractivity (Wildman–Crippen MR) is 123 cm³/mol. The fourth-order valence-electron chi connectivity index (χ4n) is 4.88. The Bertz CT molecular complexity index is 990. The number of benzene rings is 3. The second kappa shape index (κ2) is 8.50. The van der Waals surface area contributed by atoms with Crippen LogP contribution >= 0.6 is 0 Å². The van der Waals surface area contributed by atoms with Gasteiger partial charge in [-0.15, -0.1) is 0 Å². The lowest BCUT2D eigenvalue weighted by atomic mass is 9.96. The molecule has 0 amide bonds. The summed E-state index contributed by atoms with van der Waals surface area (Å²) < 4.78 is 0. The van der Waals surface area contributed by atoms with Gasteiger partial charge in [0.05, 0.1) is 12.1 Å². The normalized spacial score (nSPS) is 19.2. The Morgan fingerprint density at radius 2 is 1.60 bits per heavy atom. The monoisotopic (exact) mass is 399 g/mol. The smallest absolute Gasteiger partial charge is 0.0839 e. The first-order valence-electron chi connectivity index (χ1n) is 10.9. The number of nitrogens with one attached hydrogen (secondary N) is 1. The first-order chi connectivity index (χ1) is 14.8. The van der Waals surface area contributed by atoms with Gasteiger partial charge in [0, 0.05) is 44.1 Å². The van der Waals surface area contributed by atoms with Crippen LogP contribution in [0, 0.1) is 0 Å². The number of anilines is 2. The largest absolute Gasteiger partial charge is 0.390 e. The Labute approximate surface area is 178 Å². The van der Waals surface area contributed by atoms with Crippen LogP contribution in [0.15, 0.2) is 78.9 Å². The molecule has 1 fully saturated rings. The molecule has 2 N–H and O–H groups in total. The fourth-order valence-corrected chi connectivity index (χ4v) is 4.88. The first kappa shape index (κ1) is 19.2. The van der Waals surface area contributed by atoms with E-state index in [-0.39, 0.29) is 0 Å². The Hall–Kier alpha value is -2.82. The molecule has 0 radical (unpaired) electrons. The van der Waals surface area contributed by atoms with Crippen molar-refractivity contribution < 1.29 is 5.11 Å². The summed E-state index contributed by atoms with van der Waals surface area (Å²) in [5.74, 6) is 0. The SMILES string of the molecule is OC(CNc1ccccc1)CN1CCN2c3ccccc3Cc3ccccc3C2C1. The van der Waals surface area contributed by atoms with Crippen molar-refractivity contribution in [3.8, 4) is 0 Å². The quantitative estimate of drug-likeness (QED) is 0.682. The van der Waals surface area contributed by atoms with E-state index in [1.807, 2.05) is 30.3 Å². The number of hydrogen-bond donors (Lipinski definition) is 2. The van der Waals surface area contributed by atoms with Crippen LogP contribution in [0.25, 0.3) is 0 Å². The summed E-state index contributed by atoms with van der Waals surface area (Å²) in [5.41, 5.74) is 6.68. The Morgan fingerprint density at radius 3 is 2.47 bits per heavy atom. The Balaban J connectivity index is 1.31. The van der Waals surface area contributed by atoms with E-state index in [4.69, 9.17) is 0 Å². The van der Waals surface area contributed by atoms with Crippen LogP contribution in [0.4, 0.5) is 11.4 Å². The van der Waals surface area contributed by atoms with E-state index in [2.05, 4.69) is 63.6 Å². The van der Waals surface area contributed by atoms with Crippen molar-refractivity contribution in [1.82, 2.24) is 4.90 Å². The molecule has 2 atom stereocenters. The number of aliphatic hydroxyl groups is 1. The van der Waals surface area contributed by atoms with Crippen molar-refractivity contribution in [3.63, 3.8) is 0 Å². The number of piperazine rings is 1. The van der Waals surface area contributed by atoms with Gasteiger partial charge in [0.1, 0.15) is 0 Å². The van der Waals surface area contributed by atoms with E-state index in [1.165, 1.54) is 22.4 Å². The molecule has 5 rings (SSSR count). The Morgan fingerprint density at radius 1 is 0.867 bits per heavy atom. The zero-order valence-electron chi connectivity index (χ0n) is 17.2. The van der Waals surface area contributed by atoms with Gasteiger partial charge < -0.3 is 15.3 Å². The molecule has 2 unspecified atom stereocenters. The van der Waals surface area contributed by atoms with Crippen LogP contribution in [-0.4, -0.2) is 48.8 Å². The zero-order chi connectivity index (χ0) is 20.3. The third-order valence-corrected chi connectivity index (χ3v) is 6.35. The van der Waals surface area contributed by atoms with Gasteiger partial charge in [-0.2, -0.15) is 0 Å². The fraction of sp³-hybridized carbons (Fsp3) is 0.308. The number of rotatable bonds is 5. The van der Waals surface area contributed by atoms with Gasteiger partial charge in [0.25, 0.3) is 0 Å². The predicted octanol–water partition coefficient (Wildman–Crippen LogP) is 3.93. The molecule has 2 heterocycles. The third kappa shape index (κ3) is 3.93. The molecule has 0 aromatic heterocycles. The maximum absolute atomic E-state index is 10.6. The third-order valence-electron chi connectivity index (χ3n) is 6.35. The molecule has 0 bridgehead atoms. The second-order valence-corrected chi connectivity index (χ2v) is 8.37. The molecule has 1 saturated heterocycles. The molecule has 4 heteroatoms. The molecule has 2 aliphatic rings. The van der Waals surface area contributed by atoms with Crippen LogP contribution in [-0.2, 0) is 6.42 Å². The maximum Gasteiger partial charge on any atom is 0.0839 e. The highest BCUT2D eigenvalue weighted by molar-refractivity contribution is 5.60. The lowest BCUT2D eigenvalue weighted by Crippen LogP contribution is -2.51. The summed E-state index contributed by atoms with van der Waals surface area (Å²) in [5, 5.41) is 14.0. The average Bonchev–Trinajstić information content (AvgIpc) is 2.93. The van der Waals surface area contributed by atoms with E-state index < -0.39 is 6.10 Å². The molecule has 0 aliphatic carbocycles. The van der Waals surface area contributed by atoms with Gasteiger partial charge in [0.2, 0.25) is 0 Å². The minimum Gasteiger partial charge on any atom is -0.390 e. The van der Waals surface area contributed by atoms with Crippen LogP contribution in [0.1, 0.15) is 22.7 Å². The molecule has 0 saturated carbocycles. The van der Waals surface area contributed by atoms with Crippen molar-refractivity contribution in [2.45, 2.75) is 18.6 Å². The van der Waals surface area contributed by atoms with E-state index in [0.29, 0.717) is 19.1 Å². The van der Waals surface area contributed by atoms with Crippen molar-refractivity contribution in [2.75, 3.05) is 42.9 Å². The summed E-state index contributed by atoms with van der Waals surface area (Å²) in [7, 11) is 0. The van der Waals surface area contributed by atoms with Crippen molar-refractivity contribution >= 4 is 11.4 Å². The molecule has 4 nitrogen and oxygen atoms in total. The molecular weight excluding hydrogens is 370 g/mol. The zero-order valence-corrected chi connectivity index (χ0v) is 17.2. The highest BCUT2D eigenvalue weighted by Crippen LogP contribution is 2.39. The number of hydrogen-bond acceptors (Lipinski definition) is 4. The number of nitrogens with zero attached hydrogens (tertiary/aromatic N) is 2. The molecule has 154 valence electrons. The van der Waals surface area contributed by atoms with E-state index >= 15 is 0 Å². The lowest BCUT2D eigenvalue weighted by molar-refractivity contribution is 0.109. The van der Waals surface area contributed by atoms with Crippen LogP contribution in [0.3, 0.4) is 0 Å². The van der Waals surface area contributed by atoms with Gasteiger partial charge in [-0.05, 0) is 41.3 Å². The molecular formula is C26H29N3O. The summed E-state index contributed by atoms with van der Waals surface area (Å²) in [6, 6.07) is 28.1. The summed E-state index contributed by atoms with van der Waals surface area (Å²) in [6.45, 7) is 4.14. The Kier molecular flexibility index (Phi) is 5.43. The van der Waals surface area contributed by atoms with Crippen LogP contribution in [0.5, 0.6) is 0 Å². The van der Waals surface area contributed by atoms with Crippen LogP contribution in [0.2, 0.25) is 0 Å². The first-order valence-corrected chi connectivity index (χ1v) is 10.9. The summed E-state index contributed by atoms with van der Waals surface area (Å²) >= 11 is 0. The average molecular weight is 400 g/mol. The van der Waals surface area contributed by atoms with E-state index in [9.17, 15) is 5.11 Å². The van der Waals surface area contributed by atoms with Gasteiger partial charge in [-0.3, -0.25) is 4.90 Å². The van der Waals surface area contributed by atoms with Gasteiger partial charge >= 0.3 is 0 Å². The molecule has 30 heavy (non-hydrogen) atoms. The molecule has 3 aromatic rings. The summed E-state index contributed by atoms with van der Waals surface area (Å²) in [6.07, 6.45) is 0.591. The second-order valence-electron chi connectivity index (χ2n) is 8.37. The molecule has 0 spiro atoms. The number of fused-ring (bicyclic) bond motifs is 5. The van der Waals surface area contributed by atoms with E-state index in [0.717, 1.165) is 31.7 Å². The van der Waals surface area contributed by atoms with Crippen molar-refractivity contribution in [3.05, 3.63) is 95.6 Å². The summed E-state index contributed by atoms with van der Waals surface area (Å²) in [4.78, 5) is 5.00. The maximum atomic E-state index is 10.6. The lowest BCUT2D eigenvalue weighted by Gasteiger charge is -2.43. The van der Waals surface area contributed by atoms with Gasteiger partial charge in [-0.1, -0.05) is 60.7 Å². The topological polar surface area (TPSA) is 38.7 Å². The van der Waals surface area contributed by atoms with Gasteiger partial charge in [-0.25, -0.2) is 0 Å². The van der Waals surface area contributed by atoms with Gasteiger partial charge in [0.15, 0.2) is 0 Å². The molecule has 3 aromatic carbocycles. The van der Waals surface area contributed by atoms with Crippen molar-refractivity contribution in [2.24, 2.45) is 0 Å². The standard InChI is InChI=1S/C26H29N3O/c30-23(17-27-22-10-2-1-3-11-22)18-28-14-15-29-25-13-7-5-9-21(25)16-20-8-4-6-12-24(20)26(29)19-28/h1-13,23,26-27,30H,14-19H2. The van der Waals surface area contributed by atoms with Crippen molar-refractivity contribution in [1.29, 1.82) is 0 Å². The van der Waals surface area contributed by atoms with E-state index in [1.54, 1.807) is 0 Å².